The Morgan fingerprint density at radius 3 is 2.44 bits per heavy atom. The van der Waals surface area contributed by atoms with Crippen LogP contribution in [-0.4, -0.2) is 34.2 Å². The molecule has 0 saturated carbocycles. The van der Waals surface area contributed by atoms with Crippen LogP contribution in [0.15, 0.2) is 12.3 Å². The highest BCUT2D eigenvalue weighted by atomic mass is 16.5. The Hall–Kier alpha value is -2.11. The van der Waals surface area contributed by atoms with E-state index in [1.807, 2.05) is 0 Å². The lowest BCUT2D eigenvalue weighted by molar-refractivity contribution is -0.137. The quantitative estimate of drug-likeness (QED) is 0.750. The van der Waals surface area contributed by atoms with Crippen LogP contribution in [0.5, 0.6) is 5.88 Å². The fourth-order valence-corrected chi connectivity index (χ4v) is 1.29. The summed E-state index contributed by atoms with van der Waals surface area (Å²) in [6, 6.07) is 1.48. The number of rotatable bonds is 5. The van der Waals surface area contributed by atoms with E-state index in [1.54, 1.807) is 0 Å². The lowest BCUT2D eigenvalue weighted by Gasteiger charge is -2.06. The number of hydrogen-bond donors (Lipinski definition) is 2. The molecule has 0 spiro atoms. The van der Waals surface area contributed by atoms with Crippen molar-refractivity contribution in [3.05, 3.63) is 23.4 Å². The maximum atomic E-state index is 10.6. The minimum absolute atomic E-state index is 0.191. The van der Waals surface area contributed by atoms with Crippen molar-refractivity contribution >= 4 is 11.9 Å². The van der Waals surface area contributed by atoms with Gasteiger partial charge in [-0.25, -0.2) is 4.98 Å². The van der Waals surface area contributed by atoms with Crippen LogP contribution in [0, 0.1) is 0 Å². The molecule has 1 rings (SSSR count). The van der Waals surface area contributed by atoms with Gasteiger partial charge in [-0.05, 0) is 11.6 Å². The molecule has 0 aliphatic rings. The first-order chi connectivity index (χ1) is 7.52. The molecule has 0 aliphatic heterocycles. The number of methoxy groups -OCH3 is 1. The lowest BCUT2D eigenvalue weighted by Crippen LogP contribution is -2.06. The second kappa shape index (κ2) is 5.11. The first-order valence-electron chi connectivity index (χ1n) is 4.48. The van der Waals surface area contributed by atoms with E-state index in [0.717, 1.165) is 0 Å². The normalized spacial score (nSPS) is 9.81. The summed E-state index contributed by atoms with van der Waals surface area (Å²) in [5.41, 5.74) is 0.818. The lowest BCUT2D eigenvalue weighted by atomic mass is 10.1. The molecule has 6 heteroatoms. The molecule has 0 atom stereocenters. The Bertz CT molecular complexity index is 416. The Morgan fingerprint density at radius 2 is 1.94 bits per heavy atom. The monoisotopic (exact) mass is 225 g/mol. The average Bonchev–Trinajstić information content (AvgIpc) is 2.16. The molecule has 0 saturated heterocycles. The third-order valence-corrected chi connectivity index (χ3v) is 1.87. The van der Waals surface area contributed by atoms with Crippen molar-refractivity contribution in [2.75, 3.05) is 7.11 Å². The molecule has 16 heavy (non-hydrogen) atoms. The number of nitrogens with zero attached hydrogens (tertiary/aromatic N) is 1. The molecule has 0 amide bonds. The molecule has 0 fully saturated rings. The number of hydrogen-bond acceptors (Lipinski definition) is 4. The Kier molecular flexibility index (Phi) is 3.82. The topological polar surface area (TPSA) is 96.7 Å². The zero-order chi connectivity index (χ0) is 12.1. The van der Waals surface area contributed by atoms with E-state index in [1.165, 1.54) is 19.4 Å². The van der Waals surface area contributed by atoms with Crippen molar-refractivity contribution in [3.63, 3.8) is 0 Å². The predicted molar refractivity (Wildman–Crippen MR) is 53.5 cm³/mol. The zero-order valence-corrected chi connectivity index (χ0v) is 8.64. The van der Waals surface area contributed by atoms with Crippen LogP contribution in [0.2, 0.25) is 0 Å². The second-order valence-corrected chi connectivity index (χ2v) is 3.15. The standard InChI is InChI=1S/C10H11NO5/c1-16-10-7(4-9(14)15)2-6(5-11-10)3-8(12)13/h2,5H,3-4H2,1H3,(H,12,13)(H,14,15). The number of carboxylic acids is 2. The molecular formula is C10H11NO5. The summed E-state index contributed by atoms with van der Waals surface area (Å²) in [4.78, 5) is 24.9. The first-order valence-corrected chi connectivity index (χ1v) is 4.48. The SMILES string of the molecule is COc1ncc(CC(=O)O)cc1CC(=O)O. The number of carboxylic acid groups (broad SMARTS) is 2. The van der Waals surface area contributed by atoms with Crippen molar-refractivity contribution in [2.45, 2.75) is 12.8 Å². The van der Waals surface area contributed by atoms with Gasteiger partial charge in [-0.1, -0.05) is 0 Å². The number of aliphatic carboxylic acids is 2. The molecule has 1 heterocycles. The molecule has 1 aromatic heterocycles. The molecule has 0 unspecified atom stereocenters. The molecule has 6 nitrogen and oxygen atoms in total. The van der Waals surface area contributed by atoms with Gasteiger partial charge in [0.25, 0.3) is 0 Å². The summed E-state index contributed by atoms with van der Waals surface area (Å²) in [5.74, 6) is -1.81. The van der Waals surface area contributed by atoms with Crippen LogP contribution < -0.4 is 4.74 Å². The number of carbonyl (C=O) groups is 2. The molecule has 0 bridgehead atoms. The Balaban J connectivity index is 3.00. The smallest absolute Gasteiger partial charge is 0.308 e. The zero-order valence-electron chi connectivity index (χ0n) is 8.64. The molecule has 1 aromatic rings. The highest BCUT2D eigenvalue weighted by molar-refractivity contribution is 5.72. The van der Waals surface area contributed by atoms with Crippen molar-refractivity contribution in [3.8, 4) is 5.88 Å². The van der Waals surface area contributed by atoms with Crippen LogP contribution in [0.25, 0.3) is 0 Å². The van der Waals surface area contributed by atoms with Crippen LogP contribution in [0.4, 0.5) is 0 Å². The predicted octanol–water partition coefficient (Wildman–Crippen LogP) is 0.344. The Labute approximate surface area is 91.5 Å². The van der Waals surface area contributed by atoms with E-state index >= 15 is 0 Å². The summed E-state index contributed by atoms with van der Waals surface area (Å²) in [7, 11) is 1.38. The van der Waals surface area contributed by atoms with Crippen LogP contribution in [-0.2, 0) is 22.4 Å². The number of pyridine rings is 1. The molecule has 0 aromatic carbocycles. The van der Waals surface area contributed by atoms with E-state index in [-0.39, 0.29) is 18.7 Å². The van der Waals surface area contributed by atoms with Crippen LogP contribution >= 0.6 is 0 Å². The van der Waals surface area contributed by atoms with E-state index in [0.29, 0.717) is 11.1 Å². The van der Waals surface area contributed by atoms with Gasteiger partial charge in [0.2, 0.25) is 5.88 Å². The summed E-state index contributed by atoms with van der Waals surface area (Å²) < 4.78 is 4.88. The fourth-order valence-electron chi connectivity index (χ4n) is 1.29. The van der Waals surface area contributed by atoms with Gasteiger partial charge in [-0.3, -0.25) is 9.59 Å². The second-order valence-electron chi connectivity index (χ2n) is 3.15. The van der Waals surface area contributed by atoms with Gasteiger partial charge in [-0.15, -0.1) is 0 Å². The van der Waals surface area contributed by atoms with Gasteiger partial charge in [0.05, 0.1) is 20.0 Å². The van der Waals surface area contributed by atoms with Crippen molar-refractivity contribution in [2.24, 2.45) is 0 Å². The minimum atomic E-state index is -1.02. The van der Waals surface area contributed by atoms with Gasteiger partial charge in [0.15, 0.2) is 0 Å². The van der Waals surface area contributed by atoms with Gasteiger partial charge in [-0.2, -0.15) is 0 Å². The van der Waals surface area contributed by atoms with E-state index < -0.39 is 11.9 Å². The number of ether oxygens (including phenoxy) is 1. The minimum Gasteiger partial charge on any atom is -0.481 e. The third-order valence-electron chi connectivity index (χ3n) is 1.87. The number of aromatic nitrogens is 1. The van der Waals surface area contributed by atoms with Crippen molar-refractivity contribution in [1.29, 1.82) is 0 Å². The summed E-state index contributed by atoms with van der Waals surface area (Å²) in [5, 5.41) is 17.3. The van der Waals surface area contributed by atoms with E-state index in [9.17, 15) is 9.59 Å². The molecular weight excluding hydrogens is 214 g/mol. The molecule has 86 valence electrons. The largest absolute Gasteiger partial charge is 0.481 e. The highest BCUT2D eigenvalue weighted by Gasteiger charge is 2.11. The molecule has 0 radical (unpaired) electrons. The summed E-state index contributed by atoms with van der Waals surface area (Å²) >= 11 is 0. The van der Waals surface area contributed by atoms with Gasteiger partial charge < -0.3 is 14.9 Å². The van der Waals surface area contributed by atoms with E-state index in [2.05, 4.69) is 4.98 Å². The fraction of sp³-hybridized carbons (Fsp3) is 0.300. The maximum Gasteiger partial charge on any atom is 0.308 e. The van der Waals surface area contributed by atoms with Crippen LogP contribution in [0.3, 0.4) is 0 Å². The van der Waals surface area contributed by atoms with E-state index in [4.69, 9.17) is 14.9 Å². The third kappa shape index (κ3) is 3.23. The van der Waals surface area contributed by atoms with Crippen LogP contribution in [0.1, 0.15) is 11.1 Å². The van der Waals surface area contributed by atoms with Gasteiger partial charge in [0, 0.05) is 11.8 Å². The summed E-state index contributed by atoms with van der Waals surface area (Å²) in [6.07, 6.45) is 0.922. The summed E-state index contributed by atoms with van der Waals surface area (Å²) in [6.45, 7) is 0. The highest BCUT2D eigenvalue weighted by Crippen LogP contribution is 2.17. The van der Waals surface area contributed by atoms with Gasteiger partial charge >= 0.3 is 11.9 Å². The Morgan fingerprint density at radius 1 is 1.31 bits per heavy atom. The van der Waals surface area contributed by atoms with Crippen molar-refractivity contribution in [1.82, 2.24) is 4.98 Å². The van der Waals surface area contributed by atoms with Crippen molar-refractivity contribution < 1.29 is 24.5 Å². The van der Waals surface area contributed by atoms with Gasteiger partial charge in [0.1, 0.15) is 0 Å². The average molecular weight is 225 g/mol. The first kappa shape index (κ1) is 12.0. The molecule has 2 N–H and O–H groups in total. The molecule has 0 aliphatic carbocycles. The maximum absolute atomic E-state index is 10.6.